The highest BCUT2D eigenvalue weighted by Crippen LogP contribution is 2.46. The van der Waals surface area contributed by atoms with Crippen LogP contribution in [0.2, 0.25) is 0 Å². The van der Waals surface area contributed by atoms with Crippen molar-refractivity contribution in [1.82, 2.24) is 24.8 Å². The fourth-order valence-corrected chi connectivity index (χ4v) is 3.74. The lowest BCUT2D eigenvalue weighted by atomic mass is 9.73. The number of hydrogen-bond acceptors (Lipinski definition) is 6. The van der Waals surface area contributed by atoms with Crippen molar-refractivity contribution in [2.75, 3.05) is 26.3 Å². The molecule has 124 valence electrons. The molecule has 5 heterocycles. The van der Waals surface area contributed by atoms with Crippen LogP contribution in [-0.2, 0) is 10.2 Å². The summed E-state index contributed by atoms with van der Waals surface area (Å²) in [5.74, 6) is 0.688. The van der Waals surface area contributed by atoms with Gasteiger partial charge in [0.25, 0.3) is 0 Å². The summed E-state index contributed by atoms with van der Waals surface area (Å²) in [4.78, 5) is 8.83. The Morgan fingerprint density at radius 1 is 1.29 bits per heavy atom. The highest BCUT2D eigenvalue weighted by Gasteiger charge is 2.62. The molecule has 2 aliphatic heterocycles. The van der Waals surface area contributed by atoms with E-state index < -0.39 is 11.1 Å². The molecule has 0 radical (unpaired) electrons. The van der Waals surface area contributed by atoms with Gasteiger partial charge in [0.1, 0.15) is 22.4 Å². The smallest absolute Gasteiger partial charge is 0.240 e. The monoisotopic (exact) mass is 329 g/mol. The minimum Gasteiger partial charge on any atom is -0.380 e. The van der Waals surface area contributed by atoms with Gasteiger partial charge in [0.05, 0.1) is 12.8 Å². The molecular weight excluding hydrogens is 313 g/mol. The molecule has 5 rings (SSSR count). The van der Waals surface area contributed by atoms with Crippen molar-refractivity contribution in [3.05, 3.63) is 36.5 Å². The Morgan fingerprint density at radius 3 is 3.21 bits per heavy atom. The first kappa shape index (κ1) is 14.1. The van der Waals surface area contributed by atoms with Crippen molar-refractivity contribution >= 4 is 5.65 Å². The number of rotatable bonds is 2. The summed E-state index contributed by atoms with van der Waals surface area (Å²) in [5, 5.41) is 7.19. The third-order valence-corrected chi connectivity index (χ3v) is 5.16. The maximum Gasteiger partial charge on any atom is 0.240 e. The van der Waals surface area contributed by atoms with Gasteiger partial charge in [0.2, 0.25) is 11.7 Å². The van der Waals surface area contributed by atoms with Crippen LogP contribution in [-0.4, -0.2) is 51.5 Å². The van der Waals surface area contributed by atoms with Crippen LogP contribution in [0.3, 0.4) is 0 Å². The van der Waals surface area contributed by atoms with Crippen molar-refractivity contribution in [3.63, 3.8) is 0 Å². The Labute approximate surface area is 136 Å². The molecule has 0 spiro atoms. The van der Waals surface area contributed by atoms with E-state index in [0.29, 0.717) is 31.1 Å². The van der Waals surface area contributed by atoms with Crippen LogP contribution in [0.15, 0.2) is 35.1 Å². The Hall–Kier alpha value is -2.32. The number of pyridine rings is 1. The summed E-state index contributed by atoms with van der Waals surface area (Å²) in [6.07, 6.45) is 3.90. The molecule has 0 amide bonds. The zero-order chi connectivity index (χ0) is 16.2. The van der Waals surface area contributed by atoms with Crippen molar-refractivity contribution in [1.29, 1.82) is 0 Å². The van der Waals surface area contributed by atoms with E-state index in [-0.39, 0.29) is 19.0 Å². The summed E-state index contributed by atoms with van der Waals surface area (Å²) in [6, 6.07) is 5.71. The van der Waals surface area contributed by atoms with E-state index in [1.54, 1.807) is 6.20 Å². The number of hydrogen-bond donors (Lipinski definition) is 1. The van der Waals surface area contributed by atoms with Crippen LogP contribution in [0.25, 0.3) is 17.2 Å². The molecule has 2 aliphatic rings. The zero-order valence-electron chi connectivity index (χ0n) is 12.9. The molecule has 8 heteroatoms. The van der Waals surface area contributed by atoms with E-state index in [1.165, 1.54) is 0 Å². The minimum atomic E-state index is -1.42. The molecule has 3 aromatic rings. The van der Waals surface area contributed by atoms with E-state index in [1.807, 2.05) is 28.8 Å². The van der Waals surface area contributed by atoms with Crippen LogP contribution in [0, 0.1) is 0 Å². The third kappa shape index (κ3) is 1.75. The van der Waals surface area contributed by atoms with Crippen LogP contribution in [0.1, 0.15) is 12.3 Å². The number of ether oxygens (including phenoxy) is 1. The average molecular weight is 329 g/mol. The molecule has 2 saturated heterocycles. The number of nitrogens with one attached hydrogen (secondary N) is 1. The molecule has 0 saturated carbocycles. The number of aromatic nitrogens is 4. The van der Waals surface area contributed by atoms with Crippen LogP contribution in [0.5, 0.6) is 0 Å². The van der Waals surface area contributed by atoms with E-state index in [4.69, 9.17) is 9.26 Å². The van der Waals surface area contributed by atoms with Crippen LogP contribution in [0.4, 0.5) is 4.39 Å². The molecule has 7 nitrogen and oxygen atoms in total. The van der Waals surface area contributed by atoms with Crippen LogP contribution < -0.4 is 5.32 Å². The maximum atomic E-state index is 15.4. The highest BCUT2D eigenvalue weighted by atomic mass is 19.1. The van der Waals surface area contributed by atoms with Gasteiger partial charge in [0.15, 0.2) is 0 Å². The summed E-state index contributed by atoms with van der Waals surface area (Å²) >= 11 is 0. The van der Waals surface area contributed by atoms with Gasteiger partial charge in [0, 0.05) is 32.3 Å². The van der Waals surface area contributed by atoms with E-state index in [2.05, 4.69) is 20.4 Å². The number of nitrogens with zero attached hydrogens (tertiary/aromatic N) is 4. The van der Waals surface area contributed by atoms with Crippen molar-refractivity contribution in [2.24, 2.45) is 0 Å². The van der Waals surface area contributed by atoms with Crippen LogP contribution >= 0.6 is 0 Å². The van der Waals surface area contributed by atoms with Gasteiger partial charge < -0.3 is 14.6 Å². The van der Waals surface area contributed by atoms with E-state index in [9.17, 15) is 0 Å². The first-order valence-electron chi connectivity index (χ1n) is 7.96. The van der Waals surface area contributed by atoms with Gasteiger partial charge >= 0.3 is 0 Å². The minimum absolute atomic E-state index is 0.241. The van der Waals surface area contributed by atoms with E-state index in [0.717, 1.165) is 5.65 Å². The lowest BCUT2D eigenvalue weighted by molar-refractivity contribution is -0.0679. The molecular formula is C16H16FN5O2. The third-order valence-electron chi connectivity index (χ3n) is 5.16. The molecule has 0 bridgehead atoms. The largest absolute Gasteiger partial charge is 0.380 e. The highest BCUT2D eigenvalue weighted by molar-refractivity contribution is 5.56. The zero-order valence-corrected chi connectivity index (χ0v) is 12.9. The average Bonchev–Trinajstić information content (AvgIpc) is 3.30. The molecule has 1 N–H and O–H groups in total. The van der Waals surface area contributed by atoms with Gasteiger partial charge in [-0.2, -0.15) is 4.98 Å². The van der Waals surface area contributed by atoms with Crippen molar-refractivity contribution in [3.8, 4) is 11.5 Å². The number of fused-ring (bicyclic) bond motifs is 2. The summed E-state index contributed by atoms with van der Waals surface area (Å²) in [5.41, 5.74) is -0.838. The first-order valence-corrected chi connectivity index (χ1v) is 7.96. The standard InChI is InChI=1S/C16H16FN5O2/c17-16-4-6-23-10-15(16,8-18-9-16)14-20-13(21-24-14)11-7-19-12-3-1-2-5-22(11)12/h1-3,5,7,18H,4,6,8-10H2/t15-,16+/m0/s1. The Kier molecular flexibility index (Phi) is 2.84. The van der Waals surface area contributed by atoms with Gasteiger partial charge in [-0.15, -0.1) is 0 Å². The van der Waals surface area contributed by atoms with Crippen molar-refractivity contribution in [2.45, 2.75) is 17.5 Å². The Bertz CT molecular complexity index is 909. The fraction of sp³-hybridized carbons (Fsp3) is 0.438. The molecule has 0 unspecified atom stereocenters. The predicted octanol–water partition coefficient (Wildman–Crippen LogP) is 1.35. The second-order valence-electron chi connectivity index (χ2n) is 6.45. The second-order valence-corrected chi connectivity index (χ2v) is 6.45. The summed E-state index contributed by atoms with van der Waals surface area (Å²) < 4.78 is 28.3. The fourth-order valence-electron chi connectivity index (χ4n) is 3.74. The quantitative estimate of drug-likeness (QED) is 0.765. The topological polar surface area (TPSA) is 77.5 Å². The Balaban J connectivity index is 1.60. The lowest BCUT2D eigenvalue weighted by Gasteiger charge is -2.39. The molecule has 0 aliphatic carbocycles. The lowest BCUT2D eigenvalue weighted by Crippen LogP contribution is -2.54. The predicted molar refractivity (Wildman–Crippen MR) is 82.3 cm³/mol. The van der Waals surface area contributed by atoms with Gasteiger partial charge in [-0.3, -0.25) is 4.40 Å². The summed E-state index contributed by atoms with van der Waals surface area (Å²) in [7, 11) is 0. The molecule has 24 heavy (non-hydrogen) atoms. The van der Waals surface area contributed by atoms with Crippen molar-refractivity contribution < 1.29 is 13.7 Å². The second kappa shape index (κ2) is 4.84. The molecule has 0 aromatic carbocycles. The SMILES string of the molecule is F[C@@]12CCOC[C@]1(c1nc(-c3cnc4ccccn34)no1)CNC2. The van der Waals surface area contributed by atoms with Gasteiger partial charge in [-0.05, 0) is 12.1 Å². The molecule has 3 aromatic heterocycles. The van der Waals surface area contributed by atoms with Gasteiger partial charge in [-0.1, -0.05) is 11.2 Å². The van der Waals surface area contributed by atoms with Gasteiger partial charge in [-0.25, -0.2) is 9.37 Å². The van der Waals surface area contributed by atoms with E-state index >= 15 is 4.39 Å². The molecule has 2 atom stereocenters. The normalized spacial score (nSPS) is 29.9. The Morgan fingerprint density at radius 2 is 2.25 bits per heavy atom. The number of imidazole rings is 1. The maximum absolute atomic E-state index is 15.4. The number of halogens is 1. The summed E-state index contributed by atoms with van der Waals surface area (Å²) in [6.45, 7) is 1.36. The number of alkyl halides is 1. The first-order chi connectivity index (χ1) is 11.7. The molecule has 2 fully saturated rings.